The molecule has 0 fully saturated rings. The predicted octanol–water partition coefficient (Wildman–Crippen LogP) is 4.58. The van der Waals surface area contributed by atoms with E-state index in [0.29, 0.717) is 13.1 Å². The Morgan fingerprint density at radius 3 is 2.07 bits per heavy atom. The summed E-state index contributed by atoms with van der Waals surface area (Å²) in [6, 6.07) is 11.9. The van der Waals surface area contributed by atoms with Crippen molar-refractivity contribution in [1.82, 2.24) is 10.2 Å². The fourth-order valence-electron chi connectivity index (χ4n) is 3.13. The van der Waals surface area contributed by atoms with Crippen molar-refractivity contribution >= 4 is 5.97 Å². The average Bonchev–Trinajstić information content (AvgIpc) is 2.67. The molecule has 2 aromatic carbocycles. The molecule has 0 aromatic heterocycles. The van der Waals surface area contributed by atoms with E-state index in [1.54, 1.807) is 24.3 Å². The summed E-state index contributed by atoms with van der Waals surface area (Å²) in [4.78, 5) is 13.1. The van der Waals surface area contributed by atoms with Crippen molar-refractivity contribution in [3.8, 4) is 0 Å². The van der Waals surface area contributed by atoms with Gasteiger partial charge in [-0.3, -0.25) is 4.90 Å². The summed E-state index contributed by atoms with van der Waals surface area (Å²) in [5, 5.41) is 12.3. The van der Waals surface area contributed by atoms with Crippen LogP contribution in [0, 0.1) is 0 Å². The Bertz CT molecular complexity index is 755. The number of halogens is 3. The van der Waals surface area contributed by atoms with E-state index in [-0.39, 0.29) is 11.6 Å². The quantitative estimate of drug-likeness (QED) is 0.654. The van der Waals surface area contributed by atoms with E-state index in [4.69, 9.17) is 5.11 Å². The van der Waals surface area contributed by atoms with Crippen LogP contribution in [0.1, 0.15) is 46.9 Å². The highest BCUT2D eigenvalue weighted by Crippen LogP contribution is 2.30. The second kappa shape index (κ2) is 9.71. The molecule has 2 rings (SSSR count). The van der Waals surface area contributed by atoms with Crippen LogP contribution in [0.2, 0.25) is 0 Å². The highest BCUT2D eigenvalue weighted by atomic mass is 19.4. The van der Waals surface area contributed by atoms with Crippen LogP contribution < -0.4 is 5.32 Å². The van der Waals surface area contributed by atoms with Gasteiger partial charge in [-0.15, -0.1) is 0 Å². The van der Waals surface area contributed by atoms with Crippen LogP contribution in [-0.4, -0.2) is 35.6 Å². The van der Waals surface area contributed by atoms with Crippen molar-refractivity contribution < 1.29 is 23.1 Å². The monoisotopic (exact) mass is 394 g/mol. The molecule has 1 unspecified atom stereocenters. The van der Waals surface area contributed by atoms with E-state index in [1.807, 2.05) is 13.8 Å². The summed E-state index contributed by atoms with van der Waals surface area (Å²) in [6.07, 6.45) is -4.34. The Kier molecular flexibility index (Phi) is 7.60. The summed E-state index contributed by atoms with van der Waals surface area (Å²) in [5.74, 6) is -0.969. The Balaban J connectivity index is 2.08. The van der Waals surface area contributed by atoms with E-state index >= 15 is 0 Å². The number of hydrogen-bond acceptors (Lipinski definition) is 3. The first-order chi connectivity index (χ1) is 13.3. The largest absolute Gasteiger partial charge is 0.478 e. The molecule has 28 heavy (non-hydrogen) atoms. The summed E-state index contributed by atoms with van der Waals surface area (Å²) in [5.41, 5.74) is 1.34. The molecule has 0 radical (unpaired) electrons. The summed E-state index contributed by atoms with van der Waals surface area (Å²) in [7, 11) is 0. The van der Waals surface area contributed by atoms with Crippen molar-refractivity contribution in [3.63, 3.8) is 0 Å². The Morgan fingerprint density at radius 1 is 1.04 bits per heavy atom. The first-order valence-electron chi connectivity index (χ1n) is 9.20. The van der Waals surface area contributed by atoms with E-state index in [2.05, 4.69) is 10.2 Å². The van der Waals surface area contributed by atoms with Gasteiger partial charge in [-0.2, -0.15) is 13.2 Å². The van der Waals surface area contributed by atoms with E-state index in [1.165, 1.54) is 12.1 Å². The fourth-order valence-corrected chi connectivity index (χ4v) is 3.13. The van der Waals surface area contributed by atoms with E-state index in [9.17, 15) is 18.0 Å². The lowest BCUT2D eigenvalue weighted by Gasteiger charge is -2.30. The molecule has 0 bridgehead atoms. The van der Waals surface area contributed by atoms with Gasteiger partial charge in [0.15, 0.2) is 0 Å². The number of nitrogens with zero attached hydrogens (tertiary/aromatic N) is 1. The van der Waals surface area contributed by atoms with Gasteiger partial charge in [0, 0.05) is 19.1 Å². The second-order valence-corrected chi connectivity index (χ2v) is 6.49. The molecule has 1 atom stereocenters. The second-order valence-electron chi connectivity index (χ2n) is 6.49. The maximum absolute atomic E-state index is 12.8. The number of carboxylic acid groups (broad SMARTS) is 1. The molecular formula is C21H25F3N2O2. The molecule has 0 aliphatic carbocycles. The van der Waals surface area contributed by atoms with Gasteiger partial charge in [-0.1, -0.05) is 38.1 Å². The Morgan fingerprint density at radius 2 is 1.61 bits per heavy atom. The third-order valence-corrected chi connectivity index (χ3v) is 4.74. The Hall–Kier alpha value is -2.38. The molecule has 0 saturated carbocycles. The zero-order valence-electron chi connectivity index (χ0n) is 16.0. The number of rotatable bonds is 9. The summed E-state index contributed by atoms with van der Waals surface area (Å²) < 4.78 is 38.5. The standard InChI is InChI=1S/C21H25F3N2O2/c1-3-26(4-2)19(16-9-11-18(12-10-16)21(22,23)24)14-25-13-15-5-7-17(8-6-15)20(27)28/h5-12,19,25H,3-4,13-14H2,1-2H3,(H,27,28). The minimum Gasteiger partial charge on any atom is -0.478 e. The number of likely N-dealkylation sites (N-methyl/N-ethyl adjacent to an activating group) is 1. The van der Waals surface area contributed by atoms with Gasteiger partial charge >= 0.3 is 12.1 Å². The molecule has 152 valence electrons. The minimum absolute atomic E-state index is 0.0597. The van der Waals surface area contributed by atoms with Gasteiger partial charge in [-0.05, 0) is 48.5 Å². The van der Waals surface area contributed by atoms with Gasteiger partial charge in [0.25, 0.3) is 0 Å². The number of nitrogens with one attached hydrogen (secondary N) is 1. The van der Waals surface area contributed by atoms with Gasteiger partial charge < -0.3 is 10.4 Å². The molecule has 0 aliphatic heterocycles. The SMILES string of the molecule is CCN(CC)C(CNCc1ccc(C(=O)O)cc1)c1ccc(C(F)(F)F)cc1. The van der Waals surface area contributed by atoms with Gasteiger partial charge in [0.1, 0.15) is 0 Å². The highest BCUT2D eigenvalue weighted by molar-refractivity contribution is 5.87. The zero-order chi connectivity index (χ0) is 20.7. The van der Waals surface area contributed by atoms with Crippen LogP contribution in [0.4, 0.5) is 13.2 Å². The van der Waals surface area contributed by atoms with Crippen LogP contribution in [0.15, 0.2) is 48.5 Å². The van der Waals surface area contributed by atoms with Crippen LogP contribution in [0.5, 0.6) is 0 Å². The number of benzene rings is 2. The minimum atomic E-state index is -4.34. The number of aromatic carboxylic acids is 1. The Labute approximate surface area is 163 Å². The zero-order valence-corrected chi connectivity index (χ0v) is 16.0. The van der Waals surface area contributed by atoms with Crippen molar-refractivity contribution in [3.05, 3.63) is 70.8 Å². The average molecular weight is 394 g/mol. The smallest absolute Gasteiger partial charge is 0.416 e. The van der Waals surface area contributed by atoms with Crippen molar-refractivity contribution in [2.24, 2.45) is 0 Å². The normalized spacial score (nSPS) is 12.9. The molecule has 0 saturated heterocycles. The molecule has 4 nitrogen and oxygen atoms in total. The molecular weight excluding hydrogens is 369 g/mol. The van der Waals surface area contributed by atoms with Crippen LogP contribution in [-0.2, 0) is 12.7 Å². The molecule has 0 heterocycles. The fraction of sp³-hybridized carbons (Fsp3) is 0.381. The van der Waals surface area contributed by atoms with Gasteiger partial charge in [0.05, 0.1) is 11.1 Å². The maximum atomic E-state index is 12.8. The summed E-state index contributed by atoms with van der Waals surface area (Å²) in [6.45, 7) is 6.69. The molecule has 0 spiro atoms. The van der Waals surface area contributed by atoms with Crippen LogP contribution in [0.3, 0.4) is 0 Å². The lowest BCUT2D eigenvalue weighted by Crippen LogP contribution is -2.35. The molecule has 0 amide bonds. The first-order valence-corrected chi connectivity index (χ1v) is 9.20. The lowest BCUT2D eigenvalue weighted by atomic mass is 10.0. The molecule has 7 heteroatoms. The molecule has 2 N–H and O–H groups in total. The first kappa shape index (κ1) is 21.9. The highest BCUT2D eigenvalue weighted by Gasteiger charge is 2.30. The number of alkyl halides is 3. The molecule has 2 aromatic rings. The summed E-state index contributed by atoms with van der Waals surface area (Å²) >= 11 is 0. The predicted molar refractivity (Wildman–Crippen MR) is 102 cm³/mol. The number of carboxylic acids is 1. The molecule has 0 aliphatic rings. The van der Waals surface area contributed by atoms with Crippen molar-refractivity contribution in [2.75, 3.05) is 19.6 Å². The third kappa shape index (κ3) is 5.81. The number of hydrogen-bond donors (Lipinski definition) is 2. The third-order valence-electron chi connectivity index (χ3n) is 4.74. The van der Waals surface area contributed by atoms with E-state index < -0.39 is 17.7 Å². The van der Waals surface area contributed by atoms with Crippen molar-refractivity contribution in [2.45, 2.75) is 32.6 Å². The van der Waals surface area contributed by atoms with E-state index in [0.717, 1.165) is 36.3 Å². The topological polar surface area (TPSA) is 52.6 Å². The number of carbonyl (C=O) groups is 1. The van der Waals surface area contributed by atoms with Crippen molar-refractivity contribution in [1.29, 1.82) is 0 Å². The van der Waals surface area contributed by atoms with Gasteiger partial charge in [0.2, 0.25) is 0 Å². The van der Waals surface area contributed by atoms with Crippen LogP contribution in [0.25, 0.3) is 0 Å². The van der Waals surface area contributed by atoms with Crippen LogP contribution >= 0.6 is 0 Å². The van der Waals surface area contributed by atoms with Gasteiger partial charge in [-0.25, -0.2) is 4.79 Å². The maximum Gasteiger partial charge on any atom is 0.416 e. The lowest BCUT2D eigenvalue weighted by molar-refractivity contribution is -0.137.